The lowest BCUT2D eigenvalue weighted by molar-refractivity contribution is 0.0948. The highest BCUT2D eigenvalue weighted by Gasteiger charge is 2.26. The first-order chi connectivity index (χ1) is 16.4. The fraction of sp³-hybridized carbons (Fsp3) is 0.571. The van der Waals surface area contributed by atoms with E-state index in [4.69, 9.17) is 0 Å². The van der Waals surface area contributed by atoms with E-state index in [1.54, 1.807) is 0 Å². The molecule has 0 bridgehead atoms. The Morgan fingerprint density at radius 3 is 2.53 bits per heavy atom. The minimum atomic E-state index is -0.0755. The van der Waals surface area contributed by atoms with Crippen LogP contribution in [0.1, 0.15) is 68.8 Å². The van der Waals surface area contributed by atoms with Gasteiger partial charge in [0.25, 0.3) is 11.5 Å². The normalized spacial score (nSPS) is 22.1. The molecular weight excluding hydrogens is 424 g/mol. The fourth-order valence-corrected chi connectivity index (χ4v) is 6.50. The number of pyridine rings is 1. The summed E-state index contributed by atoms with van der Waals surface area (Å²) >= 11 is 0. The van der Waals surface area contributed by atoms with Crippen LogP contribution in [-0.2, 0) is 7.05 Å². The van der Waals surface area contributed by atoms with Crippen molar-refractivity contribution in [3.05, 3.63) is 46.4 Å². The van der Waals surface area contributed by atoms with Crippen molar-refractivity contribution < 1.29 is 4.79 Å². The summed E-state index contributed by atoms with van der Waals surface area (Å²) in [5, 5.41) is 4.93. The predicted molar refractivity (Wildman–Crippen MR) is 139 cm³/mol. The van der Waals surface area contributed by atoms with E-state index in [-0.39, 0.29) is 17.5 Å². The maximum Gasteiger partial charge on any atom is 0.275 e. The molecule has 182 valence electrons. The van der Waals surface area contributed by atoms with Gasteiger partial charge in [-0.05, 0) is 50.1 Å². The summed E-state index contributed by atoms with van der Waals surface area (Å²) in [6.45, 7) is 8.63. The first-order valence-corrected chi connectivity index (χ1v) is 13.1. The second kappa shape index (κ2) is 9.57. The van der Waals surface area contributed by atoms with Crippen LogP contribution in [0.25, 0.3) is 21.8 Å². The van der Waals surface area contributed by atoms with Gasteiger partial charge in [0.15, 0.2) is 0 Å². The number of carbonyl (C=O) groups excluding carboxylic acids is 1. The van der Waals surface area contributed by atoms with Gasteiger partial charge >= 0.3 is 0 Å². The number of nitrogens with one attached hydrogen (secondary N) is 1. The van der Waals surface area contributed by atoms with Gasteiger partial charge in [-0.3, -0.25) is 9.59 Å². The molecule has 1 aromatic carbocycles. The maximum atomic E-state index is 13.6. The lowest BCUT2D eigenvalue weighted by Crippen LogP contribution is -2.40. The van der Waals surface area contributed by atoms with Crippen LogP contribution in [0.2, 0.25) is 0 Å². The zero-order valence-corrected chi connectivity index (χ0v) is 20.8. The average Bonchev–Trinajstić information content (AvgIpc) is 3.44. The second-order valence-electron chi connectivity index (χ2n) is 10.8. The first kappa shape index (κ1) is 23.2. The Morgan fingerprint density at radius 1 is 1.09 bits per heavy atom. The molecule has 3 heterocycles. The Bertz CT molecular complexity index is 1240. The molecule has 2 aromatic heterocycles. The highest BCUT2D eigenvalue weighted by molar-refractivity contribution is 6.17. The number of rotatable bonds is 6. The van der Waals surface area contributed by atoms with Crippen LogP contribution in [0.3, 0.4) is 0 Å². The summed E-state index contributed by atoms with van der Waals surface area (Å²) in [6, 6.07) is 8.19. The summed E-state index contributed by atoms with van der Waals surface area (Å²) in [5.74, 6) is 1.41. The Morgan fingerprint density at radius 2 is 1.79 bits per heavy atom. The van der Waals surface area contributed by atoms with Crippen LogP contribution in [0, 0.1) is 11.8 Å². The number of fused-ring (bicyclic) bond motifs is 3. The van der Waals surface area contributed by atoms with Gasteiger partial charge in [0.2, 0.25) is 0 Å². The third-order valence-electron chi connectivity index (χ3n) is 7.93. The molecule has 0 spiro atoms. The Labute approximate surface area is 201 Å². The largest absolute Gasteiger partial charge is 0.352 e. The second-order valence-corrected chi connectivity index (χ2v) is 10.8. The lowest BCUT2D eigenvalue weighted by atomic mass is 9.92. The van der Waals surface area contributed by atoms with E-state index in [0.717, 1.165) is 79.9 Å². The van der Waals surface area contributed by atoms with Gasteiger partial charge in [-0.25, -0.2) is 0 Å². The molecule has 6 heteroatoms. The number of para-hydroxylation sites is 1. The van der Waals surface area contributed by atoms with Crippen molar-refractivity contribution in [2.45, 2.75) is 58.4 Å². The SMILES string of the molecule is C[C@@H]1C[C@@H](C)CN(CCCNC(=O)c2cn(C3CCCC3)c(=O)c3c2c2ccccc2n3C)C1. The molecule has 1 N–H and O–H groups in total. The van der Waals surface area contributed by atoms with Gasteiger partial charge in [0.05, 0.1) is 5.56 Å². The smallest absolute Gasteiger partial charge is 0.275 e. The quantitative estimate of drug-likeness (QED) is 0.540. The zero-order valence-electron chi connectivity index (χ0n) is 20.8. The molecular formula is C28H38N4O2. The summed E-state index contributed by atoms with van der Waals surface area (Å²) in [7, 11) is 1.94. The Hall–Kier alpha value is -2.60. The molecule has 34 heavy (non-hydrogen) atoms. The number of likely N-dealkylation sites (tertiary alicyclic amines) is 1. The van der Waals surface area contributed by atoms with Crippen molar-refractivity contribution in [1.29, 1.82) is 0 Å². The minimum Gasteiger partial charge on any atom is -0.352 e. The summed E-state index contributed by atoms with van der Waals surface area (Å²) in [6.07, 6.45) is 8.37. The first-order valence-electron chi connectivity index (χ1n) is 13.1. The monoisotopic (exact) mass is 462 g/mol. The van der Waals surface area contributed by atoms with Crippen LogP contribution >= 0.6 is 0 Å². The molecule has 1 aliphatic carbocycles. The van der Waals surface area contributed by atoms with E-state index in [1.807, 2.05) is 46.6 Å². The Kier molecular flexibility index (Phi) is 6.52. The molecule has 3 aromatic rings. The number of aromatic nitrogens is 2. The minimum absolute atomic E-state index is 0.0190. The van der Waals surface area contributed by atoms with Crippen molar-refractivity contribution >= 4 is 27.7 Å². The molecule has 6 nitrogen and oxygen atoms in total. The molecule has 1 saturated heterocycles. The lowest BCUT2D eigenvalue weighted by Gasteiger charge is -2.34. The van der Waals surface area contributed by atoms with E-state index in [2.05, 4.69) is 24.1 Å². The van der Waals surface area contributed by atoms with Gasteiger partial charge in [-0.15, -0.1) is 0 Å². The van der Waals surface area contributed by atoms with E-state index >= 15 is 0 Å². The van der Waals surface area contributed by atoms with Crippen molar-refractivity contribution in [2.75, 3.05) is 26.2 Å². The van der Waals surface area contributed by atoms with Gasteiger partial charge in [-0.2, -0.15) is 0 Å². The number of piperidine rings is 1. The van der Waals surface area contributed by atoms with Crippen molar-refractivity contribution in [2.24, 2.45) is 18.9 Å². The molecule has 1 saturated carbocycles. The summed E-state index contributed by atoms with van der Waals surface area (Å²) in [4.78, 5) is 29.6. The number of carbonyl (C=O) groups is 1. The zero-order chi connectivity index (χ0) is 23.8. The van der Waals surface area contributed by atoms with Crippen LogP contribution in [0.5, 0.6) is 0 Å². The molecule has 5 rings (SSSR count). The van der Waals surface area contributed by atoms with Crippen LogP contribution in [-0.4, -0.2) is 46.1 Å². The van der Waals surface area contributed by atoms with Gasteiger partial charge in [-0.1, -0.05) is 44.9 Å². The number of amides is 1. The van der Waals surface area contributed by atoms with Crippen molar-refractivity contribution in [3.8, 4) is 0 Å². The van der Waals surface area contributed by atoms with Gasteiger partial charge < -0.3 is 19.4 Å². The number of hydrogen-bond donors (Lipinski definition) is 1. The van der Waals surface area contributed by atoms with Crippen molar-refractivity contribution in [1.82, 2.24) is 19.4 Å². The van der Waals surface area contributed by atoms with Crippen molar-refractivity contribution in [3.63, 3.8) is 0 Å². The molecule has 0 unspecified atom stereocenters. The van der Waals surface area contributed by atoms with Crippen LogP contribution < -0.4 is 10.9 Å². The third-order valence-corrected chi connectivity index (χ3v) is 7.93. The fourth-order valence-electron chi connectivity index (χ4n) is 6.50. The standard InChI is InChI=1S/C28H38N4O2/c1-19-15-20(2)17-31(16-19)14-8-13-29-27(33)23-18-32(21-9-4-5-10-21)28(34)26-25(23)22-11-6-7-12-24(22)30(26)3/h6-7,11-12,18-21H,4-5,8-10,13-17H2,1-3H3,(H,29,33)/t19-,20-/m1/s1. The molecule has 0 radical (unpaired) electrons. The predicted octanol–water partition coefficient (Wildman–Crippen LogP) is 4.71. The summed E-state index contributed by atoms with van der Waals surface area (Å²) < 4.78 is 3.81. The Balaban J connectivity index is 1.42. The van der Waals surface area contributed by atoms with Gasteiger partial charge in [0, 0.05) is 55.2 Å². The number of aryl methyl sites for hydroxylation is 1. The van der Waals surface area contributed by atoms with Crippen LogP contribution in [0.15, 0.2) is 35.3 Å². The van der Waals surface area contributed by atoms with E-state index in [1.165, 1.54) is 6.42 Å². The number of hydrogen-bond acceptors (Lipinski definition) is 3. The summed E-state index contributed by atoms with van der Waals surface area (Å²) in [5.41, 5.74) is 2.27. The topological polar surface area (TPSA) is 59.3 Å². The number of benzene rings is 1. The highest BCUT2D eigenvalue weighted by Crippen LogP contribution is 2.33. The highest BCUT2D eigenvalue weighted by atomic mass is 16.2. The molecule has 2 aliphatic rings. The van der Waals surface area contributed by atoms with E-state index < -0.39 is 0 Å². The number of nitrogens with zero attached hydrogens (tertiary/aromatic N) is 3. The maximum absolute atomic E-state index is 13.6. The van der Waals surface area contributed by atoms with E-state index in [0.29, 0.717) is 17.6 Å². The average molecular weight is 463 g/mol. The third kappa shape index (κ3) is 4.28. The molecule has 2 fully saturated rings. The molecule has 1 amide bonds. The van der Waals surface area contributed by atoms with E-state index in [9.17, 15) is 9.59 Å². The van der Waals surface area contributed by atoms with Gasteiger partial charge in [0.1, 0.15) is 5.52 Å². The molecule has 2 atom stereocenters. The van der Waals surface area contributed by atoms with Crippen LogP contribution in [0.4, 0.5) is 0 Å². The molecule has 1 aliphatic heterocycles.